The van der Waals surface area contributed by atoms with Gasteiger partial charge in [0.05, 0.1) is 4.47 Å². The summed E-state index contributed by atoms with van der Waals surface area (Å²) < 4.78 is 26.5. The van der Waals surface area contributed by atoms with Gasteiger partial charge in [-0.15, -0.1) is 0 Å². The lowest BCUT2D eigenvalue weighted by atomic mass is 10.2. The van der Waals surface area contributed by atoms with Crippen molar-refractivity contribution < 1.29 is 8.78 Å². The summed E-state index contributed by atoms with van der Waals surface area (Å²) in [6, 6.07) is 12.6. The molecule has 2 aromatic carbocycles. The minimum absolute atomic E-state index is 0.111. The predicted octanol–water partition coefficient (Wildman–Crippen LogP) is 5.67. The first kappa shape index (κ1) is 13.9. The molecule has 94 valence electrons. The number of benzene rings is 2. The molecule has 2 rings (SSSR count). The van der Waals surface area contributed by atoms with Gasteiger partial charge in [-0.25, -0.2) is 8.78 Å². The topological polar surface area (TPSA) is 0 Å². The minimum atomic E-state index is -0.571. The zero-order valence-corrected chi connectivity index (χ0v) is 12.4. The van der Waals surface area contributed by atoms with Crippen LogP contribution in [0.15, 0.2) is 51.8 Å². The van der Waals surface area contributed by atoms with E-state index in [2.05, 4.69) is 15.9 Å². The predicted molar refractivity (Wildman–Crippen MR) is 77.7 cm³/mol. The van der Waals surface area contributed by atoms with E-state index < -0.39 is 11.6 Å². The third-order valence-electron chi connectivity index (χ3n) is 2.18. The monoisotopic (exact) mass is 346 g/mol. The van der Waals surface area contributed by atoms with Crippen LogP contribution in [0, 0.1) is 11.6 Å². The molecule has 0 aliphatic carbocycles. The fraction of sp³-hybridized carbons (Fsp3) is 0.0769. The number of halogens is 3. The highest BCUT2D eigenvalue weighted by molar-refractivity contribution is 9.10. The van der Waals surface area contributed by atoms with Crippen molar-refractivity contribution in [1.29, 1.82) is 0 Å². The standard InChI is InChI=1S/C13H9BrF2S2/c14-13-11(15)6-10(7-12(13)16)18-17-8-9-4-2-1-3-5-9/h1-7H,8H2. The average Bonchev–Trinajstić information content (AvgIpc) is 2.37. The Labute approximate surface area is 121 Å². The van der Waals surface area contributed by atoms with Gasteiger partial charge >= 0.3 is 0 Å². The Balaban J connectivity index is 1.95. The molecule has 0 heterocycles. The van der Waals surface area contributed by atoms with Gasteiger partial charge in [-0.3, -0.25) is 0 Å². The maximum Gasteiger partial charge on any atom is 0.141 e. The Morgan fingerprint density at radius 3 is 2.22 bits per heavy atom. The van der Waals surface area contributed by atoms with Crippen molar-refractivity contribution in [3.8, 4) is 0 Å². The van der Waals surface area contributed by atoms with Crippen LogP contribution in [0.1, 0.15) is 5.56 Å². The summed E-state index contributed by atoms with van der Waals surface area (Å²) in [5.41, 5.74) is 1.19. The Morgan fingerprint density at radius 1 is 1.00 bits per heavy atom. The molecule has 0 nitrogen and oxygen atoms in total. The van der Waals surface area contributed by atoms with Crippen LogP contribution in [0.4, 0.5) is 8.78 Å². The third kappa shape index (κ3) is 3.73. The van der Waals surface area contributed by atoms with E-state index >= 15 is 0 Å². The van der Waals surface area contributed by atoms with E-state index in [1.807, 2.05) is 30.3 Å². The summed E-state index contributed by atoms with van der Waals surface area (Å²) in [4.78, 5) is 0.578. The highest BCUT2D eigenvalue weighted by atomic mass is 79.9. The van der Waals surface area contributed by atoms with Crippen molar-refractivity contribution >= 4 is 37.5 Å². The lowest BCUT2D eigenvalue weighted by Crippen LogP contribution is -1.85. The molecule has 0 saturated heterocycles. The molecule has 0 atom stereocenters. The molecule has 0 spiro atoms. The molecular weight excluding hydrogens is 338 g/mol. The molecule has 2 aromatic rings. The summed E-state index contributed by atoms with van der Waals surface area (Å²) in [5, 5.41) is 0. The molecule has 0 N–H and O–H groups in total. The van der Waals surface area contributed by atoms with Gasteiger partial charge < -0.3 is 0 Å². The first-order valence-corrected chi connectivity index (χ1v) is 8.26. The Morgan fingerprint density at radius 2 is 1.61 bits per heavy atom. The first-order chi connectivity index (χ1) is 8.66. The van der Waals surface area contributed by atoms with Crippen LogP contribution in [0.3, 0.4) is 0 Å². The summed E-state index contributed by atoms with van der Waals surface area (Å²) in [6.07, 6.45) is 0. The molecular formula is C13H9BrF2S2. The zero-order chi connectivity index (χ0) is 13.0. The molecule has 0 aliphatic heterocycles. The zero-order valence-electron chi connectivity index (χ0n) is 9.20. The van der Waals surface area contributed by atoms with Crippen molar-refractivity contribution in [3.63, 3.8) is 0 Å². The maximum absolute atomic E-state index is 13.3. The van der Waals surface area contributed by atoms with Crippen LogP contribution in [0.2, 0.25) is 0 Å². The smallest absolute Gasteiger partial charge is 0.141 e. The van der Waals surface area contributed by atoms with Gasteiger partial charge in [0.25, 0.3) is 0 Å². The molecule has 0 fully saturated rings. The molecule has 0 saturated carbocycles. The van der Waals surface area contributed by atoms with Crippen molar-refractivity contribution in [2.45, 2.75) is 10.6 Å². The van der Waals surface area contributed by atoms with Crippen LogP contribution in [0.25, 0.3) is 0 Å². The van der Waals surface area contributed by atoms with E-state index in [1.165, 1.54) is 28.5 Å². The fourth-order valence-electron chi connectivity index (χ4n) is 1.32. The van der Waals surface area contributed by atoms with E-state index in [4.69, 9.17) is 0 Å². The molecule has 0 unspecified atom stereocenters. The Hall–Kier alpha value is -0.520. The van der Waals surface area contributed by atoms with Crippen LogP contribution in [-0.4, -0.2) is 0 Å². The van der Waals surface area contributed by atoms with Crippen LogP contribution < -0.4 is 0 Å². The van der Waals surface area contributed by atoms with Gasteiger partial charge in [0.2, 0.25) is 0 Å². The molecule has 18 heavy (non-hydrogen) atoms. The van der Waals surface area contributed by atoms with Crippen LogP contribution in [0.5, 0.6) is 0 Å². The Kier molecular flexibility index (Phi) is 5.09. The average molecular weight is 347 g/mol. The van der Waals surface area contributed by atoms with E-state index in [9.17, 15) is 8.78 Å². The van der Waals surface area contributed by atoms with E-state index in [1.54, 1.807) is 10.8 Å². The van der Waals surface area contributed by atoms with Crippen molar-refractivity contribution in [3.05, 3.63) is 64.1 Å². The number of rotatable bonds is 4. The van der Waals surface area contributed by atoms with Gasteiger partial charge in [-0.2, -0.15) is 0 Å². The van der Waals surface area contributed by atoms with Gasteiger partial charge in [0.1, 0.15) is 11.6 Å². The van der Waals surface area contributed by atoms with E-state index in [0.29, 0.717) is 4.90 Å². The van der Waals surface area contributed by atoms with Crippen molar-refractivity contribution in [1.82, 2.24) is 0 Å². The van der Waals surface area contributed by atoms with E-state index in [0.717, 1.165) is 5.75 Å². The van der Waals surface area contributed by atoms with Gasteiger partial charge in [0, 0.05) is 10.6 Å². The molecule has 0 aromatic heterocycles. The molecule has 0 bridgehead atoms. The third-order valence-corrected chi connectivity index (χ3v) is 5.22. The summed E-state index contributed by atoms with van der Waals surface area (Å²) in [6.45, 7) is 0. The largest absolute Gasteiger partial charge is 0.206 e. The quantitative estimate of drug-likeness (QED) is 0.516. The highest BCUT2D eigenvalue weighted by Crippen LogP contribution is 2.36. The summed E-state index contributed by atoms with van der Waals surface area (Å²) in [7, 11) is 2.92. The Bertz CT molecular complexity index is 509. The van der Waals surface area contributed by atoms with Gasteiger partial charge in [0.15, 0.2) is 0 Å². The minimum Gasteiger partial charge on any atom is -0.206 e. The van der Waals surface area contributed by atoms with Crippen LogP contribution in [-0.2, 0) is 5.75 Å². The molecule has 0 radical (unpaired) electrons. The number of hydrogen-bond acceptors (Lipinski definition) is 2. The maximum atomic E-state index is 13.3. The van der Waals surface area contributed by atoms with Crippen molar-refractivity contribution in [2.75, 3.05) is 0 Å². The molecule has 0 aliphatic rings. The normalized spacial score (nSPS) is 10.6. The first-order valence-electron chi connectivity index (χ1n) is 5.15. The van der Waals surface area contributed by atoms with Gasteiger partial charge in [-0.1, -0.05) is 51.9 Å². The van der Waals surface area contributed by atoms with Gasteiger partial charge in [-0.05, 0) is 33.6 Å². The summed E-state index contributed by atoms with van der Waals surface area (Å²) >= 11 is 2.85. The summed E-state index contributed by atoms with van der Waals surface area (Å²) in [5.74, 6) is -0.347. The second kappa shape index (κ2) is 6.59. The molecule has 0 amide bonds. The number of hydrogen-bond donors (Lipinski definition) is 0. The lowest BCUT2D eigenvalue weighted by Gasteiger charge is -2.03. The lowest BCUT2D eigenvalue weighted by molar-refractivity contribution is 0.566. The van der Waals surface area contributed by atoms with Crippen LogP contribution >= 0.6 is 37.5 Å². The SMILES string of the molecule is Fc1cc(SSCc2ccccc2)cc(F)c1Br. The second-order valence-corrected chi connectivity index (χ2v) is 6.69. The van der Waals surface area contributed by atoms with Crippen molar-refractivity contribution in [2.24, 2.45) is 0 Å². The second-order valence-electron chi connectivity index (χ2n) is 3.53. The fourth-order valence-corrected chi connectivity index (χ4v) is 3.66. The molecule has 5 heteroatoms. The van der Waals surface area contributed by atoms with E-state index in [-0.39, 0.29) is 4.47 Å². The highest BCUT2D eigenvalue weighted by Gasteiger charge is 2.08.